The normalized spacial score (nSPS) is 26.7. The summed E-state index contributed by atoms with van der Waals surface area (Å²) in [5, 5.41) is 2.97. The van der Waals surface area contributed by atoms with Gasteiger partial charge in [-0.1, -0.05) is 12.8 Å². The molecule has 1 aromatic rings. The van der Waals surface area contributed by atoms with Crippen LogP contribution in [0.15, 0.2) is 18.3 Å². The molecule has 3 rings (SSSR count). The number of hydrogen-bond donors (Lipinski definition) is 1. The first-order chi connectivity index (χ1) is 11.1. The summed E-state index contributed by atoms with van der Waals surface area (Å²) < 4.78 is 7.04. The van der Waals surface area contributed by atoms with Gasteiger partial charge >= 0.3 is 12.0 Å². The summed E-state index contributed by atoms with van der Waals surface area (Å²) in [4.78, 5) is 26.6. The summed E-state index contributed by atoms with van der Waals surface area (Å²) in [7, 11) is 3.40. The highest BCUT2D eigenvalue weighted by atomic mass is 16.5. The number of nitrogens with zero attached hydrogens (tertiary/aromatic N) is 2. The predicted octanol–water partition coefficient (Wildman–Crippen LogP) is 1.90. The largest absolute Gasteiger partial charge is 0.469 e. The van der Waals surface area contributed by atoms with Crippen LogP contribution < -0.4 is 5.32 Å². The van der Waals surface area contributed by atoms with Gasteiger partial charge in [-0.25, -0.2) is 4.79 Å². The van der Waals surface area contributed by atoms with Crippen molar-refractivity contribution in [1.29, 1.82) is 0 Å². The standard InChI is InChI=1S/C17H25N3O3/c1-19-9-5-7-14(19)10-18-16(22)20-11-13-6-3-4-8-17(13,12-20)15(21)23-2/h5,7,9,13H,3-4,6,8,10-12H2,1-2H3,(H,18,22)/t13-,17-/m1/s1. The van der Waals surface area contributed by atoms with Crippen molar-refractivity contribution in [2.75, 3.05) is 20.2 Å². The molecule has 0 radical (unpaired) electrons. The van der Waals surface area contributed by atoms with Crippen LogP contribution in [-0.4, -0.2) is 41.7 Å². The lowest BCUT2D eigenvalue weighted by atomic mass is 9.68. The molecule has 2 atom stereocenters. The summed E-state index contributed by atoms with van der Waals surface area (Å²) in [6.45, 7) is 1.62. The van der Waals surface area contributed by atoms with Crippen molar-refractivity contribution in [3.05, 3.63) is 24.0 Å². The molecule has 1 aromatic heterocycles. The number of urea groups is 1. The highest BCUT2D eigenvalue weighted by Crippen LogP contribution is 2.47. The van der Waals surface area contributed by atoms with E-state index < -0.39 is 5.41 Å². The number of methoxy groups -OCH3 is 1. The van der Waals surface area contributed by atoms with Crippen molar-refractivity contribution in [3.63, 3.8) is 0 Å². The van der Waals surface area contributed by atoms with E-state index in [4.69, 9.17) is 4.74 Å². The number of rotatable bonds is 3. The Hall–Kier alpha value is -1.98. The summed E-state index contributed by atoms with van der Waals surface area (Å²) in [6.07, 6.45) is 5.94. The van der Waals surface area contributed by atoms with Gasteiger partial charge < -0.3 is 19.5 Å². The molecule has 1 saturated carbocycles. The molecule has 0 bridgehead atoms. The van der Waals surface area contributed by atoms with Gasteiger partial charge in [-0.2, -0.15) is 0 Å². The van der Waals surface area contributed by atoms with Crippen LogP contribution in [0.4, 0.5) is 4.79 Å². The Kier molecular flexibility index (Phi) is 4.33. The Morgan fingerprint density at radius 1 is 1.43 bits per heavy atom. The number of carbonyl (C=O) groups excluding carboxylic acids is 2. The van der Waals surface area contributed by atoms with Gasteiger partial charge in [0, 0.05) is 32.0 Å². The topological polar surface area (TPSA) is 63.6 Å². The van der Waals surface area contributed by atoms with Crippen LogP contribution in [0.1, 0.15) is 31.4 Å². The number of nitrogens with one attached hydrogen (secondary N) is 1. The maximum Gasteiger partial charge on any atom is 0.317 e. The fourth-order valence-electron chi connectivity index (χ4n) is 4.11. The molecule has 2 amide bonds. The van der Waals surface area contributed by atoms with E-state index in [0.29, 0.717) is 19.6 Å². The zero-order chi connectivity index (χ0) is 16.4. The number of fused-ring (bicyclic) bond motifs is 1. The van der Waals surface area contributed by atoms with E-state index in [9.17, 15) is 9.59 Å². The van der Waals surface area contributed by atoms with Crippen LogP contribution in [0, 0.1) is 11.3 Å². The number of likely N-dealkylation sites (tertiary alicyclic amines) is 1. The Bertz CT molecular complexity index is 598. The number of aryl methyl sites for hydroxylation is 1. The molecule has 1 aliphatic carbocycles. The summed E-state index contributed by atoms with van der Waals surface area (Å²) in [5.74, 6) is 0.0735. The molecule has 2 aliphatic rings. The van der Waals surface area contributed by atoms with Gasteiger partial charge in [-0.05, 0) is 30.9 Å². The van der Waals surface area contributed by atoms with E-state index >= 15 is 0 Å². The maximum absolute atomic E-state index is 12.5. The summed E-state index contributed by atoms with van der Waals surface area (Å²) in [6, 6.07) is 3.85. The van der Waals surface area contributed by atoms with Crippen LogP contribution in [0.3, 0.4) is 0 Å². The van der Waals surface area contributed by atoms with Crippen molar-refractivity contribution < 1.29 is 14.3 Å². The Morgan fingerprint density at radius 2 is 2.26 bits per heavy atom. The summed E-state index contributed by atoms with van der Waals surface area (Å²) >= 11 is 0. The quantitative estimate of drug-likeness (QED) is 0.866. The second kappa shape index (κ2) is 6.26. The monoisotopic (exact) mass is 319 g/mol. The average molecular weight is 319 g/mol. The molecule has 2 fully saturated rings. The van der Waals surface area contributed by atoms with Crippen molar-refractivity contribution in [2.24, 2.45) is 18.4 Å². The van der Waals surface area contributed by atoms with E-state index in [0.717, 1.165) is 31.4 Å². The minimum atomic E-state index is -0.491. The van der Waals surface area contributed by atoms with Gasteiger partial charge in [0.15, 0.2) is 0 Å². The van der Waals surface area contributed by atoms with Crippen molar-refractivity contribution in [1.82, 2.24) is 14.8 Å². The summed E-state index contributed by atoms with van der Waals surface area (Å²) in [5.41, 5.74) is 0.563. The molecule has 2 heterocycles. The maximum atomic E-state index is 12.5. The first kappa shape index (κ1) is 15.9. The third-order valence-corrected chi connectivity index (χ3v) is 5.47. The first-order valence-electron chi connectivity index (χ1n) is 8.28. The van der Waals surface area contributed by atoms with Gasteiger partial charge in [0.05, 0.1) is 19.1 Å². The van der Waals surface area contributed by atoms with Crippen LogP contribution in [-0.2, 0) is 23.1 Å². The minimum absolute atomic E-state index is 0.0936. The number of carbonyl (C=O) groups is 2. The molecule has 6 heteroatoms. The van der Waals surface area contributed by atoms with E-state index in [2.05, 4.69) is 5.32 Å². The fraction of sp³-hybridized carbons (Fsp3) is 0.647. The molecule has 126 valence electrons. The molecule has 0 spiro atoms. The van der Waals surface area contributed by atoms with Crippen LogP contribution in [0.5, 0.6) is 0 Å². The minimum Gasteiger partial charge on any atom is -0.469 e. The van der Waals surface area contributed by atoms with E-state index in [1.807, 2.05) is 29.9 Å². The molecule has 1 aliphatic heterocycles. The number of esters is 1. The molecule has 0 unspecified atom stereocenters. The third-order valence-electron chi connectivity index (χ3n) is 5.47. The molecular formula is C17H25N3O3. The van der Waals surface area contributed by atoms with Crippen molar-refractivity contribution in [3.8, 4) is 0 Å². The second-order valence-corrected chi connectivity index (χ2v) is 6.74. The average Bonchev–Trinajstić information content (AvgIpc) is 3.15. The predicted molar refractivity (Wildman–Crippen MR) is 85.6 cm³/mol. The number of hydrogen-bond acceptors (Lipinski definition) is 3. The van der Waals surface area contributed by atoms with Crippen molar-refractivity contribution in [2.45, 2.75) is 32.2 Å². The first-order valence-corrected chi connectivity index (χ1v) is 8.28. The van der Waals surface area contributed by atoms with Gasteiger partial charge in [0.2, 0.25) is 0 Å². The zero-order valence-electron chi connectivity index (χ0n) is 13.9. The molecule has 6 nitrogen and oxygen atoms in total. The number of amides is 2. The third kappa shape index (κ3) is 2.82. The Balaban J connectivity index is 1.66. The van der Waals surface area contributed by atoms with Crippen LogP contribution >= 0.6 is 0 Å². The molecular weight excluding hydrogens is 294 g/mol. The lowest BCUT2D eigenvalue weighted by molar-refractivity contribution is -0.156. The lowest BCUT2D eigenvalue weighted by Crippen LogP contribution is -2.43. The molecule has 1 N–H and O–H groups in total. The second-order valence-electron chi connectivity index (χ2n) is 6.74. The fourth-order valence-corrected chi connectivity index (χ4v) is 4.11. The highest BCUT2D eigenvalue weighted by molar-refractivity contribution is 5.81. The highest BCUT2D eigenvalue weighted by Gasteiger charge is 2.54. The van der Waals surface area contributed by atoms with E-state index in [1.165, 1.54) is 7.11 Å². The van der Waals surface area contributed by atoms with Gasteiger partial charge in [0.1, 0.15) is 0 Å². The van der Waals surface area contributed by atoms with Crippen molar-refractivity contribution >= 4 is 12.0 Å². The molecule has 23 heavy (non-hydrogen) atoms. The van der Waals surface area contributed by atoms with E-state index in [1.54, 1.807) is 4.90 Å². The van der Waals surface area contributed by atoms with Crippen LogP contribution in [0.25, 0.3) is 0 Å². The van der Waals surface area contributed by atoms with Gasteiger partial charge in [-0.3, -0.25) is 4.79 Å². The van der Waals surface area contributed by atoms with E-state index in [-0.39, 0.29) is 17.9 Å². The van der Waals surface area contributed by atoms with Gasteiger partial charge in [0.25, 0.3) is 0 Å². The Morgan fingerprint density at radius 3 is 2.96 bits per heavy atom. The zero-order valence-corrected chi connectivity index (χ0v) is 13.9. The van der Waals surface area contributed by atoms with Gasteiger partial charge in [-0.15, -0.1) is 0 Å². The molecule has 1 saturated heterocycles. The number of ether oxygens (including phenoxy) is 1. The van der Waals surface area contributed by atoms with Crippen LogP contribution in [0.2, 0.25) is 0 Å². The number of aromatic nitrogens is 1. The Labute approximate surface area is 136 Å². The smallest absolute Gasteiger partial charge is 0.317 e. The molecule has 0 aromatic carbocycles. The lowest BCUT2D eigenvalue weighted by Gasteiger charge is -2.35. The SMILES string of the molecule is COC(=O)[C@@]12CCCC[C@@H]1CN(C(=O)NCc1cccn1C)C2.